The molecule has 1 aromatic heterocycles. The molecule has 0 spiro atoms. The molecule has 3 aliphatic heterocycles. The fraction of sp³-hybridized carbons (Fsp3) is 0.406. The van der Waals surface area contributed by atoms with Crippen LogP contribution in [0.4, 0.5) is 0 Å². The van der Waals surface area contributed by atoms with Gasteiger partial charge in [-0.15, -0.1) is 0 Å². The maximum Gasteiger partial charge on any atom is 0.295 e. The molecule has 4 aromatic rings. The summed E-state index contributed by atoms with van der Waals surface area (Å²) in [5.74, 6) is 0.560. The average molecular weight is 592 g/mol. The maximum atomic E-state index is 9.98. The lowest BCUT2D eigenvalue weighted by Gasteiger charge is -2.39. The highest BCUT2D eigenvalue weighted by Crippen LogP contribution is 2.35. The second-order valence-corrected chi connectivity index (χ2v) is 11.8. The fourth-order valence-electron chi connectivity index (χ4n) is 6.10. The van der Waals surface area contributed by atoms with E-state index in [1.165, 1.54) is 5.56 Å². The summed E-state index contributed by atoms with van der Waals surface area (Å²) in [6.07, 6.45) is -1.63. The van der Waals surface area contributed by atoms with Gasteiger partial charge in [0.2, 0.25) is 0 Å². The van der Waals surface area contributed by atoms with Crippen molar-refractivity contribution in [1.29, 1.82) is 0 Å². The number of halogens is 1. The van der Waals surface area contributed by atoms with Gasteiger partial charge in [0.15, 0.2) is 6.10 Å². The smallest absolute Gasteiger partial charge is 0.295 e. The third-order valence-electron chi connectivity index (χ3n) is 8.31. The van der Waals surface area contributed by atoms with E-state index in [0.29, 0.717) is 30.2 Å². The van der Waals surface area contributed by atoms with Gasteiger partial charge in [0, 0.05) is 31.1 Å². The van der Waals surface area contributed by atoms with Crippen molar-refractivity contribution >= 4 is 22.6 Å². The molecule has 3 fully saturated rings. The second-order valence-electron chi connectivity index (χ2n) is 11.3. The Morgan fingerprint density at radius 3 is 2.43 bits per heavy atom. The second kappa shape index (κ2) is 11.9. The van der Waals surface area contributed by atoms with Gasteiger partial charge in [0.1, 0.15) is 18.3 Å². The first-order chi connectivity index (χ1) is 20.5. The van der Waals surface area contributed by atoms with Crippen molar-refractivity contribution in [3.05, 3.63) is 71.2 Å². The molecule has 42 heavy (non-hydrogen) atoms. The number of H-pyrrole nitrogens is 1. The Hall–Kier alpha value is -3.02. The number of nitrogens with one attached hydrogen (secondary N) is 1. The minimum absolute atomic E-state index is 0.0825. The van der Waals surface area contributed by atoms with E-state index in [2.05, 4.69) is 63.4 Å². The summed E-state index contributed by atoms with van der Waals surface area (Å²) >= 11 is 6.70. The molecule has 3 saturated heterocycles. The van der Waals surface area contributed by atoms with Crippen LogP contribution >= 0.6 is 11.6 Å². The molecule has 7 rings (SSSR count). The van der Waals surface area contributed by atoms with E-state index >= 15 is 0 Å². The Balaban J connectivity index is 0.990. The van der Waals surface area contributed by atoms with Crippen molar-refractivity contribution in [3.63, 3.8) is 0 Å². The number of imidazole rings is 1. The lowest BCUT2D eigenvalue weighted by atomic mass is 9.98. The summed E-state index contributed by atoms with van der Waals surface area (Å²) in [6, 6.07) is 21.3. The van der Waals surface area contributed by atoms with E-state index < -0.39 is 6.10 Å². The van der Waals surface area contributed by atoms with Crippen LogP contribution in [0.1, 0.15) is 5.56 Å². The summed E-state index contributed by atoms with van der Waals surface area (Å²) < 4.78 is 22.8. The maximum absolute atomic E-state index is 9.98. The van der Waals surface area contributed by atoms with Crippen molar-refractivity contribution in [2.24, 2.45) is 5.92 Å². The molecule has 3 aliphatic rings. The molecule has 0 saturated carbocycles. The highest BCUT2D eigenvalue weighted by molar-refractivity contribution is 6.34. The molecule has 0 unspecified atom stereocenters. The molecule has 220 valence electrons. The normalized spacial score (nSPS) is 24.3. The SMILES string of the molecule is OCCOCC1CN(Cc2ccc(-c3ccc(-c4cc5nc(O[C@@H]6CO[C@H]7[C@@H]6OC[C@H]7O)[nH]c5cc4Cl)cc3)cc2)C1. The molecular weight excluding hydrogens is 558 g/mol. The first kappa shape index (κ1) is 27.8. The molecule has 0 amide bonds. The Bertz CT molecular complexity index is 1520. The number of likely N-dealkylation sites (tertiary alicyclic amines) is 1. The first-order valence-corrected chi connectivity index (χ1v) is 14.8. The van der Waals surface area contributed by atoms with Gasteiger partial charge in [-0.25, -0.2) is 0 Å². The summed E-state index contributed by atoms with van der Waals surface area (Å²) in [4.78, 5) is 10.2. The minimum Gasteiger partial charge on any atom is -0.456 e. The fourth-order valence-corrected chi connectivity index (χ4v) is 6.37. The van der Waals surface area contributed by atoms with E-state index in [0.717, 1.165) is 59.5 Å². The van der Waals surface area contributed by atoms with Crippen LogP contribution in [0.5, 0.6) is 6.01 Å². The van der Waals surface area contributed by atoms with Crippen molar-refractivity contribution < 1.29 is 29.2 Å². The van der Waals surface area contributed by atoms with E-state index in [4.69, 9.17) is 35.7 Å². The third kappa shape index (κ3) is 5.66. The van der Waals surface area contributed by atoms with Gasteiger partial charge in [0.25, 0.3) is 6.01 Å². The number of nitrogens with zero attached hydrogens (tertiary/aromatic N) is 2. The lowest BCUT2D eigenvalue weighted by molar-refractivity contribution is 0.000500. The molecule has 10 heteroatoms. The number of hydrogen-bond donors (Lipinski definition) is 3. The zero-order valence-corrected chi connectivity index (χ0v) is 23.9. The number of ether oxygens (including phenoxy) is 4. The highest BCUT2D eigenvalue weighted by atomic mass is 35.5. The standard InChI is InChI=1S/C32H34ClN3O6/c33-25-12-27-26(34-32(35-27)42-29-18-41-30-28(38)17-40-31(29)30)11-24(25)23-7-5-22(6-8-23)21-3-1-19(2-4-21)13-36-14-20(15-36)16-39-10-9-37/h1-8,11-12,20,28-31,37-38H,9-10,13-18H2,(H,34,35)/t28-,29-,30-,31-/m1/s1. The van der Waals surface area contributed by atoms with Crippen LogP contribution in [-0.4, -0.2) is 95.6 Å². The van der Waals surface area contributed by atoms with Gasteiger partial charge in [-0.05, 0) is 34.4 Å². The average Bonchev–Trinajstić information content (AvgIpc) is 3.68. The molecule has 0 radical (unpaired) electrons. The van der Waals surface area contributed by atoms with Crippen molar-refractivity contribution in [1.82, 2.24) is 14.9 Å². The monoisotopic (exact) mass is 591 g/mol. The number of fused-ring (bicyclic) bond motifs is 2. The van der Waals surface area contributed by atoms with Crippen LogP contribution in [0.25, 0.3) is 33.3 Å². The van der Waals surface area contributed by atoms with Gasteiger partial charge in [-0.2, -0.15) is 4.98 Å². The van der Waals surface area contributed by atoms with E-state index in [-0.39, 0.29) is 31.5 Å². The predicted molar refractivity (Wildman–Crippen MR) is 159 cm³/mol. The van der Waals surface area contributed by atoms with Crippen molar-refractivity contribution in [3.8, 4) is 28.3 Å². The molecule has 4 heterocycles. The van der Waals surface area contributed by atoms with Crippen LogP contribution < -0.4 is 4.74 Å². The summed E-state index contributed by atoms with van der Waals surface area (Å²) in [6.45, 7) is 4.82. The Labute approximate surface area is 248 Å². The summed E-state index contributed by atoms with van der Waals surface area (Å²) in [7, 11) is 0. The quantitative estimate of drug-likeness (QED) is 0.238. The van der Waals surface area contributed by atoms with Crippen LogP contribution in [0.15, 0.2) is 60.7 Å². The molecule has 4 atom stereocenters. The van der Waals surface area contributed by atoms with Crippen LogP contribution in [0.2, 0.25) is 5.02 Å². The predicted octanol–water partition coefficient (Wildman–Crippen LogP) is 3.90. The van der Waals surface area contributed by atoms with Gasteiger partial charge >= 0.3 is 0 Å². The van der Waals surface area contributed by atoms with Crippen LogP contribution in [0, 0.1) is 5.92 Å². The number of aliphatic hydroxyl groups excluding tert-OH is 2. The minimum atomic E-state index is -0.625. The zero-order valence-electron chi connectivity index (χ0n) is 23.1. The summed E-state index contributed by atoms with van der Waals surface area (Å²) in [5, 5.41) is 19.4. The largest absolute Gasteiger partial charge is 0.456 e. The number of benzene rings is 3. The van der Waals surface area contributed by atoms with Crippen molar-refractivity contribution in [2.75, 3.05) is 46.1 Å². The molecule has 9 nitrogen and oxygen atoms in total. The summed E-state index contributed by atoms with van der Waals surface area (Å²) in [5.41, 5.74) is 7.02. The molecule has 3 aromatic carbocycles. The van der Waals surface area contributed by atoms with Crippen LogP contribution in [-0.2, 0) is 20.8 Å². The van der Waals surface area contributed by atoms with E-state index in [1.807, 2.05) is 12.1 Å². The number of rotatable bonds is 10. The first-order valence-electron chi connectivity index (χ1n) is 14.4. The zero-order chi connectivity index (χ0) is 28.6. The van der Waals surface area contributed by atoms with Crippen LogP contribution in [0.3, 0.4) is 0 Å². The van der Waals surface area contributed by atoms with E-state index in [1.54, 1.807) is 0 Å². The molecular formula is C32H34ClN3O6. The molecule has 3 N–H and O–H groups in total. The number of aromatic amines is 1. The van der Waals surface area contributed by atoms with Crippen molar-refractivity contribution in [2.45, 2.75) is 31.0 Å². The van der Waals surface area contributed by atoms with Gasteiger partial charge < -0.3 is 34.1 Å². The lowest BCUT2D eigenvalue weighted by Crippen LogP contribution is -2.48. The number of aliphatic hydroxyl groups is 2. The Kier molecular flexibility index (Phi) is 7.89. The highest BCUT2D eigenvalue weighted by Gasteiger charge is 2.48. The molecule has 0 aliphatic carbocycles. The van der Waals surface area contributed by atoms with Gasteiger partial charge in [-0.1, -0.05) is 60.1 Å². The third-order valence-corrected chi connectivity index (χ3v) is 8.62. The van der Waals surface area contributed by atoms with Gasteiger partial charge in [-0.3, -0.25) is 4.90 Å². The van der Waals surface area contributed by atoms with Gasteiger partial charge in [0.05, 0.1) is 49.1 Å². The Morgan fingerprint density at radius 1 is 0.952 bits per heavy atom. The number of hydrogen-bond acceptors (Lipinski definition) is 8. The topological polar surface area (TPSA) is 109 Å². The Morgan fingerprint density at radius 2 is 1.67 bits per heavy atom. The number of aromatic nitrogens is 2. The molecule has 0 bridgehead atoms. The van der Waals surface area contributed by atoms with E-state index in [9.17, 15) is 5.11 Å².